The summed E-state index contributed by atoms with van der Waals surface area (Å²) in [5, 5.41) is 5.92. The van der Waals surface area contributed by atoms with Crippen LogP contribution in [0, 0.1) is 0 Å². The SMILES string of the molecule is O=C1Cc2cc(S(=O)(=O)Nc3ccc(NCc4ccccc4)cn3)ccc2N1. The van der Waals surface area contributed by atoms with Crippen molar-refractivity contribution in [2.45, 2.75) is 17.9 Å². The average molecular weight is 394 g/mol. The standard InChI is InChI=1S/C20H18N4O3S/c25-20-11-15-10-17(7-8-18(15)23-20)28(26,27)24-19-9-6-16(13-22-19)21-12-14-4-2-1-3-5-14/h1-10,13,21H,11-12H2,(H,22,24)(H,23,25). The summed E-state index contributed by atoms with van der Waals surface area (Å²) in [6, 6.07) is 17.9. The van der Waals surface area contributed by atoms with Gasteiger partial charge < -0.3 is 10.6 Å². The van der Waals surface area contributed by atoms with E-state index in [1.807, 2.05) is 30.3 Å². The Morgan fingerprint density at radius 2 is 1.86 bits per heavy atom. The van der Waals surface area contributed by atoms with E-state index in [0.717, 1.165) is 11.3 Å². The van der Waals surface area contributed by atoms with Gasteiger partial charge in [-0.25, -0.2) is 13.4 Å². The van der Waals surface area contributed by atoms with Crippen LogP contribution in [0.3, 0.4) is 0 Å². The number of hydrogen-bond acceptors (Lipinski definition) is 5. The van der Waals surface area contributed by atoms with Crippen molar-refractivity contribution in [2.24, 2.45) is 0 Å². The summed E-state index contributed by atoms with van der Waals surface area (Å²) in [6.07, 6.45) is 1.75. The van der Waals surface area contributed by atoms with Crippen molar-refractivity contribution in [1.82, 2.24) is 4.98 Å². The fourth-order valence-corrected chi connectivity index (χ4v) is 3.99. The molecule has 1 aromatic heterocycles. The van der Waals surface area contributed by atoms with Crippen LogP contribution in [-0.2, 0) is 27.8 Å². The Balaban J connectivity index is 1.43. The van der Waals surface area contributed by atoms with Crippen molar-refractivity contribution in [2.75, 3.05) is 15.4 Å². The van der Waals surface area contributed by atoms with Crippen LogP contribution >= 0.6 is 0 Å². The van der Waals surface area contributed by atoms with Crippen molar-refractivity contribution in [1.29, 1.82) is 0 Å². The first kappa shape index (κ1) is 18.0. The second kappa shape index (κ2) is 7.32. The monoisotopic (exact) mass is 394 g/mol. The highest BCUT2D eigenvalue weighted by Crippen LogP contribution is 2.26. The van der Waals surface area contributed by atoms with Crippen molar-refractivity contribution in [3.05, 3.63) is 78.0 Å². The molecule has 0 atom stereocenters. The summed E-state index contributed by atoms with van der Waals surface area (Å²) in [6.45, 7) is 0.648. The predicted octanol–water partition coefficient (Wildman–Crippen LogP) is 2.99. The molecule has 3 aromatic rings. The topological polar surface area (TPSA) is 100 Å². The van der Waals surface area contributed by atoms with Crippen LogP contribution in [0.4, 0.5) is 17.2 Å². The Kier molecular flexibility index (Phi) is 4.70. The van der Waals surface area contributed by atoms with Crippen LogP contribution in [0.5, 0.6) is 0 Å². The molecule has 142 valence electrons. The summed E-state index contributed by atoms with van der Waals surface area (Å²) in [7, 11) is -3.79. The molecule has 0 radical (unpaired) electrons. The molecular weight excluding hydrogens is 376 g/mol. The number of nitrogens with zero attached hydrogens (tertiary/aromatic N) is 1. The van der Waals surface area contributed by atoms with Gasteiger partial charge in [-0.3, -0.25) is 9.52 Å². The maximum absolute atomic E-state index is 12.6. The van der Waals surface area contributed by atoms with Crippen molar-refractivity contribution >= 4 is 33.1 Å². The highest BCUT2D eigenvalue weighted by Gasteiger charge is 2.22. The van der Waals surface area contributed by atoms with Gasteiger partial charge in [0, 0.05) is 12.2 Å². The van der Waals surface area contributed by atoms with Crippen LogP contribution < -0.4 is 15.4 Å². The van der Waals surface area contributed by atoms with E-state index in [4.69, 9.17) is 0 Å². The average Bonchev–Trinajstić information content (AvgIpc) is 3.07. The molecule has 0 saturated carbocycles. The Hall–Kier alpha value is -3.39. The van der Waals surface area contributed by atoms with Crippen LogP contribution in [0.1, 0.15) is 11.1 Å². The van der Waals surface area contributed by atoms with E-state index in [0.29, 0.717) is 17.8 Å². The van der Waals surface area contributed by atoms with Gasteiger partial charge in [0.2, 0.25) is 5.91 Å². The predicted molar refractivity (Wildman–Crippen MR) is 108 cm³/mol. The molecule has 0 bridgehead atoms. The number of carbonyl (C=O) groups excluding carboxylic acids is 1. The smallest absolute Gasteiger partial charge is 0.263 e. The number of pyridine rings is 1. The molecular formula is C20H18N4O3S. The number of sulfonamides is 1. The second-order valence-electron chi connectivity index (χ2n) is 6.42. The molecule has 0 unspecified atom stereocenters. The number of anilines is 3. The molecule has 7 nitrogen and oxygen atoms in total. The Bertz CT molecular complexity index is 1110. The van der Waals surface area contributed by atoms with Crippen LogP contribution in [0.15, 0.2) is 71.8 Å². The molecule has 8 heteroatoms. The molecule has 3 N–H and O–H groups in total. The van der Waals surface area contributed by atoms with Gasteiger partial charge in [0.25, 0.3) is 10.0 Å². The van der Waals surface area contributed by atoms with E-state index in [1.165, 1.54) is 12.1 Å². The van der Waals surface area contributed by atoms with Crippen molar-refractivity contribution < 1.29 is 13.2 Å². The van der Waals surface area contributed by atoms with E-state index < -0.39 is 10.0 Å². The third-order valence-electron chi connectivity index (χ3n) is 4.35. The van der Waals surface area contributed by atoms with Crippen LogP contribution in [0.2, 0.25) is 0 Å². The maximum atomic E-state index is 12.6. The lowest BCUT2D eigenvalue weighted by atomic mass is 10.2. The van der Waals surface area contributed by atoms with Gasteiger partial charge in [0.05, 0.1) is 23.2 Å². The molecule has 4 rings (SSSR count). The Morgan fingerprint density at radius 1 is 1.04 bits per heavy atom. The molecule has 2 aromatic carbocycles. The first-order valence-electron chi connectivity index (χ1n) is 8.69. The zero-order valence-electron chi connectivity index (χ0n) is 14.8. The number of hydrogen-bond donors (Lipinski definition) is 3. The molecule has 2 heterocycles. The summed E-state index contributed by atoms with van der Waals surface area (Å²) < 4.78 is 27.7. The minimum atomic E-state index is -3.79. The van der Waals surface area contributed by atoms with Crippen molar-refractivity contribution in [3.63, 3.8) is 0 Å². The number of rotatable bonds is 6. The lowest BCUT2D eigenvalue weighted by molar-refractivity contribution is -0.115. The minimum absolute atomic E-state index is 0.0934. The van der Waals surface area contributed by atoms with Gasteiger partial charge >= 0.3 is 0 Å². The zero-order valence-corrected chi connectivity index (χ0v) is 15.7. The van der Waals surface area contributed by atoms with E-state index in [2.05, 4.69) is 20.3 Å². The first-order chi connectivity index (χ1) is 13.5. The molecule has 0 fully saturated rings. The second-order valence-corrected chi connectivity index (χ2v) is 8.10. The largest absolute Gasteiger partial charge is 0.380 e. The number of aromatic nitrogens is 1. The van der Waals surface area contributed by atoms with Gasteiger partial charge in [-0.1, -0.05) is 30.3 Å². The fraction of sp³-hybridized carbons (Fsp3) is 0.100. The molecule has 28 heavy (non-hydrogen) atoms. The maximum Gasteiger partial charge on any atom is 0.263 e. The minimum Gasteiger partial charge on any atom is -0.380 e. The van der Waals surface area contributed by atoms with Gasteiger partial charge in [-0.2, -0.15) is 0 Å². The molecule has 0 saturated heterocycles. The summed E-state index contributed by atoms with van der Waals surface area (Å²) in [5.41, 5.74) is 3.24. The molecule has 1 aliphatic rings. The normalized spacial score (nSPS) is 12.9. The third kappa shape index (κ3) is 3.96. The van der Waals surface area contributed by atoms with Gasteiger partial charge in [-0.05, 0) is 41.5 Å². The summed E-state index contributed by atoms with van der Waals surface area (Å²) >= 11 is 0. The van der Waals surface area contributed by atoms with E-state index >= 15 is 0 Å². The van der Waals surface area contributed by atoms with Crippen molar-refractivity contribution in [3.8, 4) is 0 Å². The van der Waals surface area contributed by atoms with Gasteiger partial charge in [0.15, 0.2) is 0 Å². The molecule has 1 amide bonds. The van der Waals surface area contributed by atoms with Crippen LogP contribution in [0.25, 0.3) is 0 Å². The quantitative estimate of drug-likeness (QED) is 0.597. The van der Waals surface area contributed by atoms with E-state index in [-0.39, 0.29) is 23.0 Å². The lowest BCUT2D eigenvalue weighted by Crippen LogP contribution is -2.14. The Morgan fingerprint density at radius 3 is 2.61 bits per heavy atom. The number of fused-ring (bicyclic) bond motifs is 1. The number of carbonyl (C=O) groups is 1. The zero-order chi connectivity index (χ0) is 19.6. The molecule has 1 aliphatic heterocycles. The molecule has 0 spiro atoms. The van der Waals surface area contributed by atoms with Crippen LogP contribution in [-0.4, -0.2) is 19.3 Å². The number of amides is 1. The number of benzene rings is 2. The van der Waals surface area contributed by atoms with E-state index in [9.17, 15) is 13.2 Å². The van der Waals surface area contributed by atoms with E-state index in [1.54, 1.807) is 24.4 Å². The first-order valence-corrected chi connectivity index (χ1v) is 10.2. The summed E-state index contributed by atoms with van der Waals surface area (Å²) in [4.78, 5) is 15.7. The highest BCUT2D eigenvalue weighted by atomic mass is 32.2. The number of nitrogens with one attached hydrogen (secondary N) is 3. The van der Waals surface area contributed by atoms with Gasteiger partial charge in [-0.15, -0.1) is 0 Å². The summed E-state index contributed by atoms with van der Waals surface area (Å²) in [5.74, 6) is 0.0812. The molecule has 0 aliphatic carbocycles. The van der Waals surface area contributed by atoms with Gasteiger partial charge in [0.1, 0.15) is 5.82 Å². The highest BCUT2D eigenvalue weighted by molar-refractivity contribution is 7.92. The Labute approximate surface area is 162 Å². The lowest BCUT2D eigenvalue weighted by Gasteiger charge is -2.10. The third-order valence-corrected chi connectivity index (χ3v) is 5.71. The fourth-order valence-electron chi connectivity index (χ4n) is 2.93.